The summed E-state index contributed by atoms with van der Waals surface area (Å²) in [4.78, 5) is 11.1. The van der Waals surface area contributed by atoms with Crippen molar-refractivity contribution in [2.75, 3.05) is 20.2 Å². The molecule has 128 valence electrons. The van der Waals surface area contributed by atoms with Gasteiger partial charge in [0.25, 0.3) is 0 Å². The van der Waals surface area contributed by atoms with Crippen LogP contribution in [-0.4, -0.2) is 46.2 Å². The van der Waals surface area contributed by atoms with Crippen LogP contribution in [0.15, 0.2) is 29.3 Å². The molecule has 0 radical (unpaired) electrons. The van der Waals surface area contributed by atoms with Gasteiger partial charge >= 0.3 is 0 Å². The number of H-pyrrole nitrogens is 1. The number of rotatable bonds is 4. The number of aromatic amines is 1. The summed E-state index contributed by atoms with van der Waals surface area (Å²) in [7, 11) is 1.64. The van der Waals surface area contributed by atoms with Crippen LogP contribution in [0.3, 0.4) is 0 Å². The van der Waals surface area contributed by atoms with Crippen molar-refractivity contribution >= 4 is 5.96 Å². The largest absolute Gasteiger partial charge is 0.497 e. The molecule has 1 aromatic carbocycles. The Hall–Kier alpha value is -2.57. The van der Waals surface area contributed by atoms with Gasteiger partial charge < -0.3 is 15.4 Å². The van der Waals surface area contributed by atoms with E-state index in [1.807, 2.05) is 24.3 Å². The summed E-state index contributed by atoms with van der Waals surface area (Å²) in [5.74, 6) is 3.52. The second-order valence-corrected chi connectivity index (χ2v) is 6.18. The van der Waals surface area contributed by atoms with Gasteiger partial charge in [0, 0.05) is 18.7 Å². The number of nitrogens with one attached hydrogen (secondary N) is 1. The minimum Gasteiger partial charge on any atom is -0.497 e. The zero-order valence-corrected chi connectivity index (χ0v) is 14.2. The molecule has 3 rings (SSSR count). The first-order valence-corrected chi connectivity index (χ1v) is 8.26. The average Bonchev–Trinajstić information content (AvgIpc) is 3.09. The molecule has 0 bridgehead atoms. The SMILES string of the molecule is COc1ccc(-c2n[nH]c(CN=C(N)N3CCC(C)CC3)n2)cc1. The van der Waals surface area contributed by atoms with Crippen LogP contribution >= 0.6 is 0 Å². The maximum Gasteiger partial charge on any atom is 0.191 e. The van der Waals surface area contributed by atoms with Gasteiger partial charge in [-0.25, -0.2) is 9.98 Å². The number of likely N-dealkylation sites (tertiary alicyclic amines) is 1. The maximum atomic E-state index is 6.09. The Labute approximate surface area is 141 Å². The highest BCUT2D eigenvalue weighted by Crippen LogP contribution is 2.19. The highest BCUT2D eigenvalue weighted by Gasteiger charge is 2.17. The molecule has 0 atom stereocenters. The number of hydrogen-bond acceptors (Lipinski definition) is 4. The number of nitrogens with two attached hydrogens (primary N) is 1. The third-order valence-corrected chi connectivity index (χ3v) is 4.38. The number of aliphatic imine (C=N–C) groups is 1. The summed E-state index contributed by atoms with van der Waals surface area (Å²) < 4.78 is 5.15. The molecule has 0 saturated carbocycles. The molecule has 2 heterocycles. The number of ether oxygens (including phenoxy) is 1. The molecule has 24 heavy (non-hydrogen) atoms. The van der Waals surface area contributed by atoms with E-state index in [2.05, 4.69) is 32.0 Å². The summed E-state index contributed by atoms with van der Waals surface area (Å²) in [6.45, 7) is 4.63. The molecular formula is C17H24N6O. The molecule has 1 aliphatic rings. The van der Waals surface area contributed by atoms with Crippen molar-refractivity contribution in [3.63, 3.8) is 0 Å². The molecular weight excluding hydrogens is 304 g/mol. The number of aromatic nitrogens is 3. The first-order chi connectivity index (χ1) is 11.7. The summed E-state index contributed by atoms with van der Waals surface area (Å²) in [5, 5.41) is 7.17. The van der Waals surface area contributed by atoms with Gasteiger partial charge in [-0.15, -0.1) is 0 Å². The first kappa shape index (κ1) is 16.3. The monoisotopic (exact) mass is 328 g/mol. The normalized spacial score (nSPS) is 16.4. The summed E-state index contributed by atoms with van der Waals surface area (Å²) in [5.41, 5.74) is 7.02. The predicted octanol–water partition coefficient (Wildman–Crippen LogP) is 2.03. The zero-order chi connectivity index (χ0) is 16.9. The van der Waals surface area contributed by atoms with Crippen molar-refractivity contribution in [2.45, 2.75) is 26.3 Å². The minimum atomic E-state index is 0.404. The molecule has 1 aliphatic heterocycles. The van der Waals surface area contributed by atoms with Crippen LogP contribution in [0.2, 0.25) is 0 Å². The standard InChI is InChI=1S/C17H24N6O/c1-12-7-9-23(10-8-12)17(18)19-11-15-20-16(22-21-15)13-3-5-14(24-2)6-4-13/h3-6,12H,7-11H2,1-2H3,(H2,18,19)(H,20,21,22). The van der Waals surface area contributed by atoms with E-state index in [0.29, 0.717) is 24.2 Å². The van der Waals surface area contributed by atoms with Gasteiger partial charge in [0.15, 0.2) is 11.8 Å². The highest BCUT2D eigenvalue weighted by molar-refractivity contribution is 5.78. The van der Waals surface area contributed by atoms with E-state index in [-0.39, 0.29) is 0 Å². The third-order valence-electron chi connectivity index (χ3n) is 4.38. The molecule has 2 aromatic rings. The molecule has 7 nitrogen and oxygen atoms in total. The van der Waals surface area contributed by atoms with Crippen molar-refractivity contribution in [1.82, 2.24) is 20.1 Å². The van der Waals surface area contributed by atoms with Crippen molar-refractivity contribution in [3.8, 4) is 17.1 Å². The Bertz CT molecular complexity index is 685. The van der Waals surface area contributed by atoms with Gasteiger partial charge in [-0.05, 0) is 43.0 Å². The van der Waals surface area contributed by atoms with Crippen LogP contribution in [0.5, 0.6) is 5.75 Å². The van der Waals surface area contributed by atoms with Gasteiger partial charge in [0.1, 0.15) is 18.1 Å². The lowest BCUT2D eigenvalue weighted by molar-refractivity contribution is 0.277. The quantitative estimate of drug-likeness (QED) is 0.662. The predicted molar refractivity (Wildman–Crippen MR) is 93.7 cm³/mol. The Morgan fingerprint density at radius 3 is 2.71 bits per heavy atom. The van der Waals surface area contributed by atoms with E-state index < -0.39 is 0 Å². The summed E-state index contributed by atoms with van der Waals surface area (Å²) >= 11 is 0. The average molecular weight is 328 g/mol. The Morgan fingerprint density at radius 1 is 1.33 bits per heavy atom. The zero-order valence-electron chi connectivity index (χ0n) is 14.2. The van der Waals surface area contributed by atoms with Crippen molar-refractivity contribution in [3.05, 3.63) is 30.1 Å². The molecule has 1 fully saturated rings. The molecule has 1 saturated heterocycles. The van der Waals surface area contributed by atoms with Gasteiger partial charge in [0.2, 0.25) is 0 Å². The van der Waals surface area contributed by atoms with E-state index in [1.165, 1.54) is 12.8 Å². The number of methoxy groups -OCH3 is 1. The molecule has 0 aliphatic carbocycles. The Kier molecular flexibility index (Phi) is 4.98. The van der Waals surface area contributed by atoms with Gasteiger partial charge in [-0.2, -0.15) is 5.10 Å². The van der Waals surface area contributed by atoms with Crippen molar-refractivity contribution in [1.29, 1.82) is 0 Å². The number of guanidine groups is 1. The first-order valence-electron chi connectivity index (χ1n) is 8.26. The van der Waals surface area contributed by atoms with Crippen molar-refractivity contribution in [2.24, 2.45) is 16.6 Å². The van der Waals surface area contributed by atoms with Gasteiger partial charge in [-0.3, -0.25) is 5.10 Å². The van der Waals surface area contributed by atoms with Gasteiger partial charge in [-0.1, -0.05) is 6.92 Å². The number of hydrogen-bond donors (Lipinski definition) is 2. The lowest BCUT2D eigenvalue weighted by Crippen LogP contribution is -2.42. The second kappa shape index (κ2) is 7.33. The maximum absolute atomic E-state index is 6.09. The van der Waals surface area contributed by atoms with Crippen LogP contribution in [-0.2, 0) is 6.54 Å². The number of piperidine rings is 1. The minimum absolute atomic E-state index is 0.404. The Balaban J connectivity index is 1.62. The molecule has 0 unspecified atom stereocenters. The topological polar surface area (TPSA) is 92.4 Å². The fraction of sp³-hybridized carbons (Fsp3) is 0.471. The van der Waals surface area contributed by atoms with Crippen LogP contribution in [0.1, 0.15) is 25.6 Å². The van der Waals surface area contributed by atoms with Crippen LogP contribution in [0.25, 0.3) is 11.4 Å². The highest BCUT2D eigenvalue weighted by atomic mass is 16.5. The number of benzene rings is 1. The van der Waals surface area contributed by atoms with Crippen LogP contribution in [0.4, 0.5) is 0 Å². The van der Waals surface area contributed by atoms with Crippen LogP contribution < -0.4 is 10.5 Å². The van der Waals surface area contributed by atoms with E-state index in [1.54, 1.807) is 7.11 Å². The second-order valence-electron chi connectivity index (χ2n) is 6.18. The van der Waals surface area contributed by atoms with Gasteiger partial charge in [0.05, 0.1) is 7.11 Å². The molecule has 0 spiro atoms. The molecule has 7 heteroatoms. The molecule has 0 amide bonds. The van der Waals surface area contributed by atoms with E-state index in [9.17, 15) is 0 Å². The van der Waals surface area contributed by atoms with E-state index in [0.717, 1.165) is 30.3 Å². The lowest BCUT2D eigenvalue weighted by atomic mass is 10.00. The lowest BCUT2D eigenvalue weighted by Gasteiger charge is -2.30. The summed E-state index contributed by atoms with van der Waals surface area (Å²) in [6, 6.07) is 7.63. The smallest absolute Gasteiger partial charge is 0.191 e. The summed E-state index contributed by atoms with van der Waals surface area (Å²) in [6.07, 6.45) is 2.33. The molecule has 3 N–H and O–H groups in total. The molecule has 1 aromatic heterocycles. The fourth-order valence-corrected chi connectivity index (χ4v) is 2.73. The van der Waals surface area contributed by atoms with E-state index in [4.69, 9.17) is 10.5 Å². The Morgan fingerprint density at radius 2 is 2.04 bits per heavy atom. The van der Waals surface area contributed by atoms with E-state index >= 15 is 0 Å². The van der Waals surface area contributed by atoms with Crippen molar-refractivity contribution < 1.29 is 4.74 Å². The van der Waals surface area contributed by atoms with Crippen LogP contribution in [0, 0.1) is 5.92 Å². The fourth-order valence-electron chi connectivity index (χ4n) is 2.73. The third kappa shape index (κ3) is 3.84. The number of nitrogens with zero attached hydrogens (tertiary/aromatic N) is 4.